The number of carboxylic acids is 1. The number of carbonyl (C=O) groups excluding carboxylic acids is 1. The molecule has 12 nitrogen and oxygen atoms in total. The number of carboxylic acid groups (broad SMARTS) is 1. The van der Waals surface area contributed by atoms with Crippen LogP contribution in [-0.4, -0.2) is 112 Å². The van der Waals surface area contributed by atoms with Crippen LogP contribution in [0.3, 0.4) is 0 Å². The van der Waals surface area contributed by atoms with E-state index in [1.54, 1.807) is 6.92 Å². The summed E-state index contributed by atoms with van der Waals surface area (Å²) < 4.78 is 21.3. The summed E-state index contributed by atoms with van der Waals surface area (Å²) in [6.45, 7) is 2.30. The molecule has 28 heavy (non-hydrogen) atoms. The molecule has 12 heteroatoms. The number of aliphatic hydroxyl groups excluding tert-OH is 4. The molecule has 2 aliphatic heterocycles. The minimum Gasteiger partial charge on any atom is -0.479 e. The number of rotatable bonds is 6. The van der Waals surface area contributed by atoms with Crippen molar-refractivity contribution in [3.8, 4) is 0 Å². The van der Waals surface area contributed by atoms with Crippen LogP contribution < -0.4 is 5.32 Å². The summed E-state index contributed by atoms with van der Waals surface area (Å²) >= 11 is 0. The lowest BCUT2D eigenvalue weighted by Gasteiger charge is -2.47. The first-order valence-electron chi connectivity index (χ1n) is 8.76. The highest BCUT2D eigenvalue weighted by Gasteiger charge is 2.52. The highest BCUT2D eigenvalue weighted by molar-refractivity contribution is 5.73. The van der Waals surface area contributed by atoms with E-state index in [1.807, 2.05) is 0 Å². The number of aliphatic carboxylic acids is 1. The van der Waals surface area contributed by atoms with Gasteiger partial charge in [0, 0.05) is 14.0 Å². The van der Waals surface area contributed by atoms with E-state index in [0.29, 0.717) is 0 Å². The predicted octanol–water partition coefficient (Wildman–Crippen LogP) is -3.44. The van der Waals surface area contributed by atoms with Crippen LogP contribution in [-0.2, 0) is 28.5 Å². The largest absolute Gasteiger partial charge is 0.479 e. The van der Waals surface area contributed by atoms with Gasteiger partial charge in [-0.15, -0.1) is 0 Å². The van der Waals surface area contributed by atoms with E-state index in [1.165, 1.54) is 14.0 Å². The lowest BCUT2D eigenvalue weighted by Crippen LogP contribution is -2.67. The lowest BCUT2D eigenvalue weighted by molar-refractivity contribution is -0.327. The molecule has 0 saturated carbocycles. The average molecular weight is 409 g/mol. The van der Waals surface area contributed by atoms with Gasteiger partial charge in [-0.05, 0) is 6.92 Å². The molecule has 0 aromatic rings. The van der Waals surface area contributed by atoms with E-state index in [4.69, 9.17) is 18.9 Å². The third-order valence-electron chi connectivity index (χ3n) is 4.87. The van der Waals surface area contributed by atoms with Gasteiger partial charge in [-0.2, -0.15) is 0 Å². The maximum Gasteiger partial charge on any atom is 0.335 e. The van der Waals surface area contributed by atoms with Gasteiger partial charge in [-0.3, -0.25) is 4.79 Å². The van der Waals surface area contributed by atoms with Gasteiger partial charge in [0.25, 0.3) is 0 Å². The van der Waals surface area contributed by atoms with Crippen molar-refractivity contribution in [1.29, 1.82) is 0 Å². The molecule has 2 fully saturated rings. The molecule has 4 unspecified atom stereocenters. The number of hydrogen-bond donors (Lipinski definition) is 6. The second kappa shape index (κ2) is 9.41. The average Bonchev–Trinajstić information content (AvgIpc) is 2.62. The number of ether oxygens (including phenoxy) is 4. The zero-order valence-electron chi connectivity index (χ0n) is 15.7. The van der Waals surface area contributed by atoms with Crippen molar-refractivity contribution in [3.05, 3.63) is 0 Å². The van der Waals surface area contributed by atoms with Gasteiger partial charge in [0.1, 0.15) is 36.6 Å². The maximum absolute atomic E-state index is 11.5. The highest BCUT2D eigenvalue weighted by atomic mass is 16.7. The zero-order valence-corrected chi connectivity index (χ0v) is 15.7. The SMILES string of the molecule is CO[C@@H]1C(O)[C@H](O[C@@H]2C(NC(C)=O)[C@H](C)OC(CO)[C@H]2O)OC(C(=O)O)[C@H]1O. The minimum absolute atomic E-state index is 0.442. The Morgan fingerprint density at radius 2 is 1.71 bits per heavy atom. The van der Waals surface area contributed by atoms with E-state index in [9.17, 15) is 35.1 Å². The molecule has 0 bridgehead atoms. The molecule has 0 spiro atoms. The van der Waals surface area contributed by atoms with E-state index in [2.05, 4.69) is 5.32 Å². The summed E-state index contributed by atoms with van der Waals surface area (Å²) in [4.78, 5) is 22.9. The van der Waals surface area contributed by atoms with Crippen molar-refractivity contribution in [2.24, 2.45) is 0 Å². The van der Waals surface area contributed by atoms with Gasteiger partial charge < -0.3 is 49.8 Å². The minimum atomic E-state index is -1.75. The molecule has 2 saturated heterocycles. The molecule has 2 rings (SSSR count). The normalized spacial score (nSPS) is 44.1. The molecular formula is C16H27NO11. The van der Waals surface area contributed by atoms with Gasteiger partial charge >= 0.3 is 5.97 Å². The van der Waals surface area contributed by atoms with E-state index in [-0.39, 0.29) is 0 Å². The van der Waals surface area contributed by atoms with Crippen LogP contribution in [0.1, 0.15) is 13.8 Å². The van der Waals surface area contributed by atoms with Gasteiger partial charge in [0.05, 0.1) is 18.8 Å². The second-order valence-electron chi connectivity index (χ2n) is 6.82. The van der Waals surface area contributed by atoms with Gasteiger partial charge in [0.2, 0.25) is 5.91 Å². The molecule has 0 aliphatic carbocycles. The Kier molecular flexibility index (Phi) is 7.70. The van der Waals surface area contributed by atoms with E-state index < -0.39 is 79.6 Å². The second-order valence-corrected chi connectivity index (χ2v) is 6.82. The van der Waals surface area contributed by atoms with Gasteiger partial charge in [-0.1, -0.05) is 0 Å². The Labute approximate surface area is 160 Å². The Bertz CT molecular complexity index is 561. The molecular weight excluding hydrogens is 382 g/mol. The summed E-state index contributed by atoms with van der Waals surface area (Å²) in [6.07, 6.45) is -12.3. The van der Waals surface area contributed by atoms with E-state index >= 15 is 0 Å². The van der Waals surface area contributed by atoms with Crippen LogP contribution in [0.2, 0.25) is 0 Å². The Balaban J connectivity index is 2.28. The first kappa shape index (κ1) is 22.9. The summed E-state index contributed by atoms with van der Waals surface area (Å²) in [5.41, 5.74) is 0. The molecule has 0 aromatic heterocycles. The number of nitrogens with one attached hydrogen (secondary N) is 1. The van der Waals surface area contributed by atoms with Gasteiger partial charge in [-0.25, -0.2) is 4.79 Å². The quantitative estimate of drug-likeness (QED) is 0.256. The monoisotopic (exact) mass is 409 g/mol. The predicted molar refractivity (Wildman–Crippen MR) is 89.0 cm³/mol. The Morgan fingerprint density at radius 3 is 2.21 bits per heavy atom. The standard InChI is InChI=1S/C16H27NO11/c1-5-8(17-6(2)19)12(9(20)7(4-18)26-5)27-16-11(22)13(25-3)10(21)14(28-16)15(23)24/h5,7-14,16,18,20-22H,4H2,1-3H3,(H,17,19)(H,23,24)/t5-,7?,8?,9+,10-,11?,12+,13-,14?,16+/m0/s1. The molecule has 0 aromatic carbocycles. The molecule has 10 atom stereocenters. The molecule has 2 heterocycles. The summed E-state index contributed by atoms with van der Waals surface area (Å²) in [5, 5.41) is 52.1. The number of hydrogen-bond acceptors (Lipinski definition) is 10. The fourth-order valence-corrected chi connectivity index (χ4v) is 3.47. The number of amides is 1. The Morgan fingerprint density at radius 1 is 1.07 bits per heavy atom. The van der Waals surface area contributed by atoms with Crippen molar-refractivity contribution >= 4 is 11.9 Å². The van der Waals surface area contributed by atoms with Crippen molar-refractivity contribution in [1.82, 2.24) is 5.32 Å². The smallest absolute Gasteiger partial charge is 0.335 e. The topological polar surface area (TPSA) is 184 Å². The summed E-state index contributed by atoms with van der Waals surface area (Å²) in [7, 11) is 1.17. The van der Waals surface area contributed by atoms with Crippen LogP contribution in [0.15, 0.2) is 0 Å². The maximum atomic E-state index is 11.5. The number of carbonyl (C=O) groups is 2. The highest BCUT2D eigenvalue weighted by Crippen LogP contribution is 2.30. The van der Waals surface area contributed by atoms with Gasteiger partial charge in [0.15, 0.2) is 12.4 Å². The molecule has 1 amide bonds. The van der Waals surface area contributed by atoms with Crippen LogP contribution >= 0.6 is 0 Å². The van der Waals surface area contributed by atoms with Crippen molar-refractivity contribution < 1.29 is 54.1 Å². The van der Waals surface area contributed by atoms with Crippen LogP contribution in [0.25, 0.3) is 0 Å². The molecule has 162 valence electrons. The Hall–Kier alpha value is -1.38. The van der Waals surface area contributed by atoms with Crippen LogP contribution in [0.4, 0.5) is 0 Å². The fourth-order valence-electron chi connectivity index (χ4n) is 3.47. The lowest BCUT2D eigenvalue weighted by atomic mass is 9.92. The van der Waals surface area contributed by atoms with E-state index in [0.717, 1.165) is 0 Å². The first-order chi connectivity index (χ1) is 13.1. The summed E-state index contributed by atoms with van der Waals surface area (Å²) in [5.74, 6) is -1.94. The number of methoxy groups -OCH3 is 1. The van der Waals surface area contributed by atoms with Crippen LogP contribution in [0.5, 0.6) is 0 Å². The molecule has 0 radical (unpaired) electrons. The fraction of sp³-hybridized carbons (Fsp3) is 0.875. The molecule has 6 N–H and O–H groups in total. The van der Waals surface area contributed by atoms with Crippen molar-refractivity contribution in [3.63, 3.8) is 0 Å². The summed E-state index contributed by atoms with van der Waals surface area (Å²) in [6, 6.07) is -0.887. The number of aliphatic hydroxyl groups is 4. The first-order valence-corrected chi connectivity index (χ1v) is 8.76. The van der Waals surface area contributed by atoms with Crippen molar-refractivity contribution in [2.45, 2.75) is 75.0 Å². The third kappa shape index (κ3) is 4.60. The zero-order chi connectivity index (χ0) is 21.2. The molecule has 2 aliphatic rings. The van der Waals surface area contributed by atoms with Crippen LogP contribution in [0, 0.1) is 0 Å². The van der Waals surface area contributed by atoms with Crippen molar-refractivity contribution in [2.75, 3.05) is 13.7 Å². The third-order valence-corrected chi connectivity index (χ3v) is 4.87.